The van der Waals surface area contributed by atoms with Gasteiger partial charge in [-0.1, -0.05) is 12.1 Å². The van der Waals surface area contributed by atoms with Gasteiger partial charge in [-0.2, -0.15) is 0 Å². The van der Waals surface area contributed by atoms with Gasteiger partial charge < -0.3 is 45.2 Å². The Bertz CT molecular complexity index is 1720. The van der Waals surface area contributed by atoms with Gasteiger partial charge in [0.1, 0.15) is 12.4 Å². The molecule has 2 aromatic carbocycles. The van der Waals surface area contributed by atoms with Crippen LogP contribution in [0.15, 0.2) is 48.7 Å². The SMILES string of the molecule is COc1cc2c(cc1OCCCC(=O)Nc1cc(C=O)cn1C)N(C(=O)OCc1ccc(NC(=O)C(C)N)cc1)C(O)C1CCCN1C2=O. The molecular formula is C34H40N6O9. The molecule has 4 amide bonds. The topological polar surface area (TPSA) is 195 Å². The molecule has 1 saturated heterocycles. The zero-order valence-electron chi connectivity index (χ0n) is 27.5. The Hall–Kier alpha value is -5.41. The second kappa shape index (κ2) is 15.2. The molecule has 0 spiro atoms. The van der Waals surface area contributed by atoms with E-state index >= 15 is 0 Å². The molecule has 0 bridgehead atoms. The number of methoxy groups -OCH3 is 1. The summed E-state index contributed by atoms with van der Waals surface area (Å²) in [6, 6.07) is 9.84. The van der Waals surface area contributed by atoms with Crippen molar-refractivity contribution in [1.29, 1.82) is 0 Å². The number of benzene rings is 2. The molecule has 3 atom stereocenters. The van der Waals surface area contributed by atoms with E-state index in [2.05, 4.69) is 10.6 Å². The van der Waals surface area contributed by atoms with Crippen molar-refractivity contribution in [3.05, 3.63) is 65.4 Å². The molecule has 2 aliphatic rings. The van der Waals surface area contributed by atoms with E-state index in [1.54, 1.807) is 60.0 Å². The number of amides is 4. The first-order valence-corrected chi connectivity index (χ1v) is 15.9. The zero-order chi connectivity index (χ0) is 35.2. The number of aliphatic hydroxyl groups excluding tert-OH is 1. The van der Waals surface area contributed by atoms with Gasteiger partial charge in [0.25, 0.3) is 5.91 Å². The van der Waals surface area contributed by atoms with Crippen molar-refractivity contribution in [3.8, 4) is 11.5 Å². The first-order valence-electron chi connectivity index (χ1n) is 15.9. The second-order valence-corrected chi connectivity index (χ2v) is 11.9. The maximum Gasteiger partial charge on any atom is 0.416 e. The highest BCUT2D eigenvalue weighted by Crippen LogP contribution is 2.41. The highest BCUT2D eigenvalue weighted by Gasteiger charge is 2.45. The van der Waals surface area contributed by atoms with Crippen LogP contribution in [0.25, 0.3) is 0 Å². The van der Waals surface area contributed by atoms with E-state index in [9.17, 15) is 29.1 Å². The number of aliphatic hydroxyl groups is 1. The number of nitrogens with zero attached hydrogens (tertiary/aromatic N) is 3. The van der Waals surface area contributed by atoms with Crippen molar-refractivity contribution in [1.82, 2.24) is 9.47 Å². The molecule has 15 nitrogen and oxygen atoms in total. The third kappa shape index (κ3) is 7.84. The van der Waals surface area contributed by atoms with E-state index in [1.165, 1.54) is 19.2 Å². The van der Waals surface area contributed by atoms with Crippen LogP contribution in [0.4, 0.5) is 22.0 Å². The van der Waals surface area contributed by atoms with Crippen LogP contribution in [-0.2, 0) is 28.0 Å². The number of rotatable bonds is 12. The molecule has 1 fully saturated rings. The Labute approximate surface area is 282 Å². The Morgan fingerprint density at radius 2 is 1.88 bits per heavy atom. The number of fused-ring (bicyclic) bond motifs is 2. The van der Waals surface area contributed by atoms with Crippen molar-refractivity contribution < 1.29 is 43.3 Å². The average molecular weight is 677 g/mol. The molecule has 5 N–H and O–H groups in total. The van der Waals surface area contributed by atoms with Crippen LogP contribution in [-0.4, -0.2) is 83.2 Å². The minimum absolute atomic E-state index is 0.0889. The predicted molar refractivity (Wildman–Crippen MR) is 179 cm³/mol. The lowest BCUT2D eigenvalue weighted by atomic mass is 10.1. The molecule has 1 aromatic heterocycles. The summed E-state index contributed by atoms with van der Waals surface area (Å²) in [6.45, 7) is 1.92. The first kappa shape index (κ1) is 34.9. The van der Waals surface area contributed by atoms with E-state index in [1.807, 2.05) is 0 Å². The molecule has 260 valence electrons. The smallest absolute Gasteiger partial charge is 0.416 e. The summed E-state index contributed by atoms with van der Waals surface area (Å²) in [5.41, 5.74) is 7.42. The minimum atomic E-state index is -1.40. The molecule has 2 aliphatic heterocycles. The van der Waals surface area contributed by atoms with Crippen molar-refractivity contribution >= 4 is 47.3 Å². The number of carbonyl (C=O) groups excluding carboxylic acids is 5. The summed E-state index contributed by atoms with van der Waals surface area (Å²) in [7, 11) is 3.13. The maximum absolute atomic E-state index is 13.7. The summed E-state index contributed by atoms with van der Waals surface area (Å²) in [6.07, 6.45) is 1.59. The molecule has 49 heavy (non-hydrogen) atoms. The summed E-state index contributed by atoms with van der Waals surface area (Å²) in [5.74, 6) is -0.0616. The summed E-state index contributed by atoms with van der Waals surface area (Å²) in [4.78, 5) is 65.4. The largest absolute Gasteiger partial charge is 0.493 e. The van der Waals surface area contributed by atoms with Gasteiger partial charge in [0.2, 0.25) is 11.8 Å². The number of aryl methyl sites for hydroxylation is 1. The first-order chi connectivity index (χ1) is 23.5. The van der Waals surface area contributed by atoms with Crippen molar-refractivity contribution in [3.63, 3.8) is 0 Å². The van der Waals surface area contributed by atoms with E-state index in [4.69, 9.17) is 19.9 Å². The predicted octanol–water partition coefficient (Wildman–Crippen LogP) is 3.01. The lowest BCUT2D eigenvalue weighted by molar-refractivity contribution is -0.117. The van der Waals surface area contributed by atoms with Crippen molar-refractivity contribution in [2.45, 2.75) is 57.5 Å². The number of nitrogens with two attached hydrogens (primary N) is 1. The number of aromatic nitrogens is 1. The highest BCUT2D eigenvalue weighted by atomic mass is 16.6. The number of hydrogen-bond acceptors (Lipinski definition) is 10. The quantitative estimate of drug-likeness (QED) is 0.164. The molecule has 3 unspecified atom stereocenters. The summed E-state index contributed by atoms with van der Waals surface area (Å²) >= 11 is 0. The second-order valence-electron chi connectivity index (χ2n) is 11.9. The number of carbonyl (C=O) groups is 5. The highest BCUT2D eigenvalue weighted by molar-refractivity contribution is 6.06. The van der Waals surface area contributed by atoms with Crippen LogP contribution in [0.5, 0.6) is 11.5 Å². The third-order valence-electron chi connectivity index (χ3n) is 8.37. The molecule has 5 rings (SSSR count). The zero-order valence-corrected chi connectivity index (χ0v) is 27.5. The molecule has 3 aromatic rings. The fraction of sp³-hybridized carbons (Fsp3) is 0.382. The van der Waals surface area contributed by atoms with E-state index in [0.29, 0.717) is 54.7 Å². The molecular weight excluding hydrogens is 636 g/mol. The Morgan fingerprint density at radius 1 is 1.12 bits per heavy atom. The molecule has 0 saturated carbocycles. The van der Waals surface area contributed by atoms with Gasteiger partial charge in [-0.3, -0.25) is 19.2 Å². The van der Waals surface area contributed by atoms with Gasteiger partial charge in [-0.15, -0.1) is 0 Å². The van der Waals surface area contributed by atoms with Crippen LogP contribution >= 0.6 is 0 Å². The normalized spacial score (nSPS) is 17.4. The van der Waals surface area contributed by atoms with Gasteiger partial charge in [-0.25, -0.2) is 9.69 Å². The van der Waals surface area contributed by atoms with Crippen LogP contribution in [0.3, 0.4) is 0 Å². The van der Waals surface area contributed by atoms with Crippen LogP contribution in [0.2, 0.25) is 0 Å². The number of aldehydes is 1. The Morgan fingerprint density at radius 3 is 2.55 bits per heavy atom. The monoisotopic (exact) mass is 676 g/mol. The van der Waals surface area contributed by atoms with Crippen LogP contribution in [0.1, 0.15) is 58.9 Å². The van der Waals surface area contributed by atoms with Gasteiger partial charge in [0.15, 0.2) is 24.0 Å². The summed E-state index contributed by atoms with van der Waals surface area (Å²) in [5, 5.41) is 16.9. The van der Waals surface area contributed by atoms with E-state index < -0.39 is 24.4 Å². The van der Waals surface area contributed by atoms with Crippen LogP contribution in [0, 0.1) is 0 Å². The summed E-state index contributed by atoms with van der Waals surface area (Å²) < 4.78 is 18.8. The van der Waals surface area contributed by atoms with Crippen molar-refractivity contribution in [2.75, 3.05) is 35.8 Å². The average Bonchev–Trinajstić information content (AvgIpc) is 3.71. The number of nitrogens with one attached hydrogen (secondary N) is 2. The van der Waals surface area contributed by atoms with Gasteiger partial charge in [0, 0.05) is 43.5 Å². The third-order valence-corrected chi connectivity index (χ3v) is 8.37. The molecule has 15 heteroatoms. The fourth-order valence-electron chi connectivity index (χ4n) is 5.78. The molecule has 3 heterocycles. The minimum Gasteiger partial charge on any atom is -0.493 e. The van der Waals surface area contributed by atoms with Gasteiger partial charge >= 0.3 is 6.09 Å². The lowest BCUT2D eigenvalue weighted by Crippen LogP contribution is -2.50. The Kier molecular flexibility index (Phi) is 10.8. The fourth-order valence-corrected chi connectivity index (χ4v) is 5.78. The van der Waals surface area contributed by atoms with Gasteiger partial charge in [-0.05, 0) is 56.0 Å². The lowest BCUT2D eigenvalue weighted by Gasteiger charge is -2.31. The van der Waals surface area contributed by atoms with Crippen LogP contribution < -0.4 is 30.7 Å². The van der Waals surface area contributed by atoms with E-state index in [0.717, 1.165) is 4.90 Å². The van der Waals surface area contributed by atoms with Gasteiger partial charge in [0.05, 0.1) is 37.1 Å². The number of ether oxygens (including phenoxy) is 3. The molecule has 0 aliphatic carbocycles. The number of hydrogen-bond donors (Lipinski definition) is 4. The van der Waals surface area contributed by atoms with E-state index in [-0.39, 0.29) is 60.1 Å². The number of anilines is 3. The standard InChI is InChI=1S/C34H40N6O9/c1-20(35)31(43)36-23-10-8-21(9-11-23)19-49-34(46)40-26-16-28(48-13-5-7-30(42)37-29-14-22(18-41)17-38(29)2)27(47-3)15-24(26)32(44)39-12-4-6-25(39)33(40)45/h8-11,14-18,20,25,33,45H,4-7,12-13,19,35H2,1-3H3,(H,36,43)(H,37,42). The van der Waals surface area contributed by atoms with Crippen molar-refractivity contribution in [2.24, 2.45) is 12.8 Å². The Balaban J connectivity index is 1.31. The molecule has 0 radical (unpaired) electrons. The maximum atomic E-state index is 13.7.